The molecule has 5 N–H and O–H groups in total. The van der Waals surface area contributed by atoms with E-state index in [0.717, 1.165) is 37.5 Å². The largest absolute Gasteiger partial charge is 0.461 e. The number of nitrogens with two attached hydrogens (primary N) is 2. The molecule has 32 heavy (non-hydrogen) atoms. The van der Waals surface area contributed by atoms with Gasteiger partial charge < -0.3 is 20.8 Å². The average Bonchev–Trinajstić information content (AvgIpc) is 2.81. The number of esters is 1. The summed E-state index contributed by atoms with van der Waals surface area (Å²) < 4.78 is 5.08. The summed E-state index contributed by atoms with van der Waals surface area (Å²) in [7, 11) is 0. The first-order chi connectivity index (χ1) is 15.5. The highest BCUT2D eigenvalue weighted by molar-refractivity contribution is 6.30. The molecular formula is C24H32ClN5O2. The van der Waals surface area contributed by atoms with E-state index in [-0.39, 0.29) is 12.3 Å². The molecule has 0 atom stereocenters. The predicted octanol–water partition coefficient (Wildman–Crippen LogP) is 3.01. The molecule has 0 unspecified atom stereocenters. The highest BCUT2D eigenvalue weighted by Gasteiger charge is 2.26. The number of benzene rings is 2. The fourth-order valence-electron chi connectivity index (χ4n) is 4.06. The fourth-order valence-corrected chi connectivity index (χ4v) is 4.18. The summed E-state index contributed by atoms with van der Waals surface area (Å²) >= 11 is 6.03. The minimum absolute atomic E-state index is 0.114. The van der Waals surface area contributed by atoms with Crippen molar-refractivity contribution in [3.05, 3.63) is 76.6 Å². The summed E-state index contributed by atoms with van der Waals surface area (Å²) in [5, 5.41) is 0.742. The van der Waals surface area contributed by atoms with Crippen LogP contribution in [0.2, 0.25) is 5.02 Å². The highest BCUT2D eigenvalue weighted by atomic mass is 35.5. The first-order valence-corrected chi connectivity index (χ1v) is 11.3. The number of hydrogen-bond donors (Lipinski definition) is 3. The van der Waals surface area contributed by atoms with Gasteiger partial charge in [0.2, 0.25) is 0 Å². The molecule has 0 amide bonds. The Morgan fingerprint density at radius 3 is 2.41 bits per heavy atom. The molecule has 1 fully saturated rings. The van der Waals surface area contributed by atoms with Gasteiger partial charge in [-0.25, -0.2) is 4.79 Å². The second-order valence-electron chi connectivity index (χ2n) is 7.85. The molecule has 0 saturated carbocycles. The van der Waals surface area contributed by atoms with E-state index in [1.54, 1.807) is 6.92 Å². The van der Waals surface area contributed by atoms with E-state index in [1.807, 2.05) is 30.3 Å². The standard InChI is InChI=1S/C24H32ClN5O2/c1-2-32-24(31)23(28-27)22(26)17-30(16-18-6-4-3-5-7-18)21-12-14-29(15-13-21)20-10-8-19(25)9-11-20/h3-11,21,28H,2,12-17,26-27H2,1H3/b23-22-. The molecule has 3 rings (SSSR count). The van der Waals surface area contributed by atoms with E-state index in [0.29, 0.717) is 18.3 Å². The Hall–Kier alpha value is -2.74. The summed E-state index contributed by atoms with van der Waals surface area (Å²) in [6.45, 7) is 5.02. The number of nitrogens with zero attached hydrogens (tertiary/aromatic N) is 2. The summed E-state index contributed by atoms with van der Waals surface area (Å²) in [4.78, 5) is 16.9. The highest BCUT2D eigenvalue weighted by Crippen LogP contribution is 2.25. The molecule has 0 radical (unpaired) electrons. The van der Waals surface area contributed by atoms with Gasteiger partial charge in [0, 0.05) is 42.9 Å². The molecule has 1 aliphatic rings. The van der Waals surface area contributed by atoms with Gasteiger partial charge in [-0.1, -0.05) is 41.9 Å². The van der Waals surface area contributed by atoms with E-state index in [2.05, 4.69) is 39.5 Å². The van der Waals surface area contributed by atoms with Crippen LogP contribution in [0.3, 0.4) is 0 Å². The Morgan fingerprint density at radius 1 is 1.16 bits per heavy atom. The van der Waals surface area contributed by atoms with Crippen molar-refractivity contribution < 1.29 is 9.53 Å². The Labute approximate surface area is 194 Å². The van der Waals surface area contributed by atoms with Crippen LogP contribution in [0.25, 0.3) is 0 Å². The summed E-state index contributed by atoms with van der Waals surface area (Å²) in [6.07, 6.45) is 1.96. The number of ether oxygens (including phenoxy) is 1. The van der Waals surface area contributed by atoms with Gasteiger partial charge in [0.05, 0.1) is 12.3 Å². The van der Waals surface area contributed by atoms with Crippen molar-refractivity contribution in [2.75, 3.05) is 31.1 Å². The first-order valence-electron chi connectivity index (χ1n) is 10.9. The molecule has 0 bridgehead atoms. The van der Waals surface area contributed by atoms with Crippen LogP contribution in [0.4, 0.5) is 5.69 Å². The Bertz CT molecular complexity index is 896. The van der Waals surface area contributed by atoms with Crippen molar-refractivity contribution in [3.8, 4) is 0 Å². The number of anilines is 1. The third-order valence-electron chi connectivity index (χ3n) is 5.72. The van der Waals surface area contributed by atoms with Crippen molar-refractivity contribution in [1.82, 2.24) is 10.3 Å². The van der Waals surface area contributed by atoms with Gasteiger partial charge in [0.25, 0.3) is 0 Å². The zero-order valence-corrected chi connectivity index (χ0v) is 19.2. The smallest absolute Gasteiger partial charge is 0.357 e. The number of hydrogen-bond acceptors (Lipinski definition) is 7. The molecule has 2 aromatic rings. The van der Waals surface area contributed by atoms with E-state index in [4.69, 9.17) is 27.9 Å². The van der Waals surface area contributed by atoms with Crippen molar-refractivity contribution in [2.24, 2.45) is 11.6 Å². The molecule has 0 aromatic heterocycles. The van der Waals surface area contributed by atoms with Crippen LogP contribution in [-0.2, 0) is 16.1 Å². The lowest BCUT2D eigenvalue weighted by Crippen LogP contribution is -2.46. The Kier molecular flexibility index (Phi) is 8.79. The number of carbonyl (C=O) groups is 1. The summed E-state index contributed by atoms with van der Waals surface area (Å²) in [5.74, 6) is 5.04. The number of rotatable bonds is 9. The van der Waals surface area contributed by atoms with Crippen LogP contribution in [0.1, 0.15) is 25.3 Å². The van der Waals surface area contributed by atoms with E-state index >= 15 is 0 Å². The number of nitrogens with one attached hydrogen (secondary N) is 1. The SMILES string of the molecule is CCOC(=O)/C(NN)=C(/N)CN(Cc1ccccc1)C1CCN(c2ccc(Cl)cc2)CC1. The van der Waals surface area contributed by atoms with Crippen LogP contribution < -0.4 is 21.9 Å². The quantitative estimate of drug-likeness (QED) is 0.230. The molecule has 1 saturated heterocycles. The Morgan fingerprint density at radius 2 is 1.81 bits per heavy atom. The lowest BCUT2D eigenvalue weighted by molar-refractivity contribution is -0.139. The molecule has 0 aliphatic carbocycles. The summed E-state index contributed by atoms with van der Waals surface area (Å²) in [5.41, 5.74) is 11.6. The van der Waals surface area contributed by atoms with Crippen molar-refractivity contribution >= 4 is 23.3 Å². The number of halogens is 1. The maximum atomic E-state index is 12.2. The second kappa shape index (κ2) is 11.8. The van der Waals surface area contributed by atoms with Gasteiger partial charge in [-0.3, -0.25) is 10.7 Å². The fraction of sp³-hybridized carbons (Fsp3) is 0.375. The second-order valence-corrected chi connectivity index (χ2v) is 8.29. The lowest BCUT2D eigenvalue weighted by atomic mass is 10.0. The minimum Gasteiger partial charge on any atom is -0.461 e. The molecule has 1 aliphatic heterocycles. The van der Waals surface area contributed by atoms with E-state index in [9.17, 15) is 4.79 Å². The normalized spacial score (nSPS) is 15.4. The van der Waals surface area contributed by atoms with E-state index in [1.165, 1.54) is 11.3 Å². The first kappa shape index (κ1) is 23.9. The predicted molar refractivity (Wildman–Crippen MR) is 129 cm³/mol. The maximum Gasteiger partial charge on any atom is 0.357 e. The number of carbonyl (C=O) groups excluding carboxylic acids is 1. The molecule has 8 heteroatoms. The molecule has 1 heterocycles. The van der Waals surface area contributed by atoms with Crippen molar-refractivity contribution in [2.45, 2.75) is 32.4 Å². The van der Waals surface area contributed by atoms with Crippen molar-refractivity contribution in [1.29, 1.82) is 0 Å². The average molecular weight is 458 g/mol. The molecule has 2 aromatic carbocycles. The van der Waals surface area contributed by atoms with Crippen LogP contribution in [-0.4, -0.2) is 43.2 Å². The zero-order valence-electron chi connectivity index (χ0n) is 18.5. The van der Waals surface area contributed by atoms with Gasteiger partial charge >= 0.3 is 5.97 Å². The number of hydrazine groups is 1. The Balaban J connectivity index is 1.74. The van der Waals surface area contributed by atoms with Crippen LogP contribution in [0.5, 0.6) is 0 Å². The van der Waals surface area contributed by atoms with Gasteiger partial charge in [-0.2, -0.15) is 0 Å². The molecule has 0 spiro atoms. The lowest BCUT2D eigenvalue weighted by Gasteiger charge is -2.39. The number of piperidine rings is 1. The van der Waals surface area contributed by atoms with Crippen LogP contribution in [0, 0.1) is 0 Å². The minimum atomic E-state index is -0.537. The monoisotopic (exact) mass is 457 g/mol. The third kappa shape index (κ3) is 6.38. The van der Waals surface area contributed by atoms with Crippen LogP contribution >= 0.6 is 11.6 Å². The summed E-state index contributed by atoms with van der Waals surface area (Å²) in [6, 6.07) is 18.5. The van der Waals surface area contributed by atoms with Gasteiger partial charge in [0.15, 0.2) is 5.70 Å². The molecule has 7 nitrogen and oxygen atoms in total. The third-order valence-corrected chi connectivity index (χ3v) is 5.97. The van der Waals surface area contributed by atoms with E-state index < -0.39 is 5.97 Å². The molecular weight excluding hydrogens is 426 g/mol. The molecule has 172 valence electrons. The maximum absolute atomic E-state index is 12.2. The van der Waals surface area contributed by atoms with Crippen molar-refractivity contribution in [3.63, 3.8) is 0 Å². The van der Waals surface area contributed by atoms with Crippen LogP contribution in [0.15, 0.2) is 66.0 Å². The van der Waals surface area contributed by atoms with Gasteiger partial charge in [-0.05, 0) is 49.6 Å². The van der Waals surface area contributed by atoms with Gasteiger partial charge in [-0.15, -0.1) is 0 Å². The zero-order chi connectivity index (χ0) is 22.9. The van der Waals surface area contributed by atoms with Gasteiger partial charge in [0.1, 0.15) is 0 Å². The topological polar surface area (TPSA) is 96.8 Å².